The number of rotatable bonds is 2. The van der Waals surface area contributed by atoms with E-state index in [1.54, 1.807) is 0 Å². The molecule has 1 aromatic rings. The van der Waals surface area contributed by atoms with Crippen molar-refractivity contribution in [1.82, 2.24) is 0 Å². The fourth-order valence-corrected chi connectivity index (χ4v) is 1.50. The summed E-state index contributed by atoms with van der Waals surface area (Å²) in [6.07, 6.45) is 0.740. The van der Waals surface area contributed by atoms with Gasteiger partial charge in [0.05, 0.1) is 5.56 Å². The molecule has 0 bridgehead atoms. The van der Waals surface area contributed by atoms with Crippen LogP contribution in [0, 0.1) is 6.92 Å². The second kappa shape index (κ2) is 4.73. The molecule has 3 heteroatoms. The van der Waals surface area contributed by atoms with Gasteiger partial charge in [0, 0.05) is 6.92 Å². The van der Waals surface area contributed by atoms with Crippen molar-refractivity contribution in [1.29, 1.82) is 0 Å². The first-order valence-electron chi connectivity index (χ1n) is 4.87. The average Bonchev–Trinajstić information content (AvgIpc) is 2.15. The van der Waals surface area contributed by atoms with Crippen molar-refractivity contribution in [3.05, 3.63) is 34.9 Å². The van der Waals surface area contributed by atoms with Crippen molar-refractivity contribution in [3.8, 4) is 0 Å². The summed E-state index contributed by atoms with van der Waals surface area (Å²) >= 11 is 0. The molecule has 0 heterocycles. The van der Waals surface area contributed by atoms with Crippen LogP contribution in [-0.2, 0) is 16.0 Å². The van der Waals surface area contributed by atoms with E-state index >= 15 is 0 Å². The monoisotopic (exact) mass is 206 g/mol. The van der Waals surface area contributed by atoms with Gasteiger partial charge in [-0.3, -0.25) is 4.79 Å². The lowest BCUT2D eigenvalue weighted by molar-refractivity contribution is -0.135. The lowest BCUT2D eigenvalue weighted by Crippen LogP contribution is -2.13. The molecule has 0 unspecified atom stereocenters. The quantitative estimate of drug-likeness (QED) is 0.550. The van der Waals surface area contributed by atoms with E-state index in [0.717, 1.165) is 17.5 Å². The highest BCUT2D eigenvalue weighted by atomic mass is 16.6. The van der Waals surface area contributed by atoms with Crippen molar-refractivity contribution in [2.75, 3.05) is 0 Å². The predicted octanol–water partition coefficient (Wildman–Crippen LogP) is 2.26. The molecule has 0 aliphatic carbocycles. The molecule has 0 aromatic heterocycles. The van der Waals surface area contributed by atoms with Crippen LogP contribution in [0.5, 0.6) is 0 Å². The van der Waals surface area contributed by atoms with E-state index in [1.807, 2.05) is 32.0 Å². The first-order chi connectivity index (χ1) is 7.06. The first kappa shape index (κ1) is 11.4. The molecule has 0 saturated heterocycles. The summed E-state index contributed by atoms with van der Waals surface area (Å²) in [5.74, 6) is -1.14. The topological polar surface area (TPSA) is 43.4 Å². The van der Waals surface area contributed by atoms with Crippen molar-refractivity contribution in [3.63, 3.8) is 0 Å². The minimum atomic E-state index is -0.578. The second-order valence-corrected chi connectivity index (χ2v) is 3.34. The Labute approximate surface area is 89.1 Å². The zero-order valence-electron chi connectivity index (χ0n) is 9.16. The lowest BCUT2D eigenvalue weighted by Gasteiger charge is -2.08. The van der Waals surface area contributed by atoms with Crippen LogP contribution in [0.4, 0.5) is 0 Å². The molecule has 0 radical (unpaired) electrons. The summed E-state index contributed by atoms with van der Waals surface area (Å²) in [7, 11) is 0. The predicted molar refractivity (Wildman–Crippen MR) is 56.7 cm³/mol. The summed E-state index contributed by atoms with van der Waals surface area (Å²) < 4.78 is 4.58. The fourth-order valence-electron chi connectivity index (χ4n) is 1.50. The molecule has 0 atom stereocenters. The van der Waals surface area contributed by atoms with Crippen LogP contribution in [0.25, 0.3) is 0 Å². The summed E-state index contributed by atoms with van der Waals surface area (Å²) in [4.78, 5) is 22.3. The number of ether oxygens (including phenoxy) is 1. The van der Waals surface area contributed by atoms with E-state index in [4.69, 9.17) is 0 Å². The number of aryl methyl sites for hydroxylation is 2. The van der Waals surface area contributed by atoms with Crippen LogP contribution >= 0.6 is 0 Å². The molecule has 3 nitrogen and oxygen atoms in total. The maximum absolute atomic E-state index is 11.6. The zero-order chi connectivity index (χ0) is 11.4. The van der Waals surface area contributed by atoms with Gasteiger partial charge in [-0.05, 0) is 24.5 Å². The van der Waals surface area contributed by atoms with Crippen LogP contribution < -0.4 is 0 Å². The Kier molecular flexibility index (Phi) is 3.61. The maximum atomic E-state index is 11.6. The molecule has 0 saturated carbocycles. The molecular weight excluding hydrogens is 192 g/mol. The van der Waals surface area contributed by atoms with E-state index in [1.165, 1.54) is 6.92 Å². The standard InChI is InChI=1S/C12H14O3/c1-4-10-7-5-6-8(2)11(10)12(14)15-9(3)13/h5-7H,4H2,1-3H3. The highest BCUT2D eigenvalue weighted by Gasteiger charge is 2.15. The third-order valence-electron chi connectivity index (χ3n) is 2.18. The Balaban J connectivity index is 3.11. The van der Waals surface area contributed by atoms with Crippen molar-refractivity contribution in [2.45, 2.75) is 27.2 Å². The van der Waals surface area contributed by atoms with E-state index < -0.39 is 11.9 Å². The van der Waals surface area contributed by atoms with E-state index in [0.29, 0.717) is 5.56 Å². The molecule has 15 heavy (non-hydrogen) atoms. The van der Waals surface area contributed by atoms with Gasteiger partial charge >= 0.3 is 11.9 Å². The van der Waals surface area contributed by atoms with E-state index in [9.17, 15) is 9.59 Å². The van der Waals surface area contributed by atoms with E-state index in [2.05, 4.69) is 4.74 Å². The molecule has 0 spiro atoms. The largest absolute Gasteiger partial charge is 0.390 e. The van der Waals surface area contributed by atoms with Crippen LogP contribution in [0.2, 0.25) is 0 Å². The smallest absolute Gasteiger partial charge is 0.346 e. The first-order valence-corrected chi connectivity index (χ1v) is 4.87. The molecule has 1 rings (SSSR count). The highest BCUT2D eigenvalue weighted by Crippen LogP contribution is 2.16. The number of benzene rings is 1. The van der Waals surface area contributed by atoms with Gasteiger partial charge in [-0.2, -0.15) is 0 Å². The van der Waals surface area contributed by atoms with Crippen molar-refractivity contribution in [2.24, 2.45) is 0 Å². The molecule has 80 valence electrons. The number of carbonyl (C=O) groups excluding carboxylic acids is 2. The van der Waals surface area contributed by atoms with Gasteiger partial charge in [0.1, 0.15) is 0 Å². The molecule has 0 aliphatic heterocycles. The van der Waals surface area contributed by atoms with Crippen molar-refractivity contribution >= 4 is 11.9 Å². The number of carbonyl (C=O) groups is 2. The summed E-state index contributed by atoms with van der Waals surface area (Å²) in [6.45, 7) is 5.01. The molecule has 0 amide bonds. The SMILES string of the molecule is CCc1cccc(C)c1C(=O)OC(C)=O. The normalized spacial score (nSPS) is 9.80. The van der Waals surface area contributed by atoms with Crippen LogP contribution in [-0.4, -0.2) is 11.9 Å². The van der Waals surface area contributed by atoms with Crippen LogP contribution in [0.1, 0.15) is 35.3 Å². The number of hydrogen-bond donors (Lipinski definition) is 0. The Morgan fingerprint density at radius 1 is 1.33 bits per heavy atom. The summed E-state index contributed by atoms with van der Waals surface area (Å²) in [6, 6.07) is 5.58. The Hall–Kier alpha value is -1.64. The minimum Gasteiger partial charge on any atom is -0.390 e. The van der Waals surface area contributed by atoms with Crippen LogP contribution in [0.15, 0.2) is 18.2 Å². The summed E-state index contributed by atoms with van der Waals surface area (Å²) in [5, 5.41) is 0. The van der Waals surface area contributed by atoms with Gasteiger partial charge in [0.15, 0.2) is 0 Å². The highest BCUT2D eigenvalue weighted by molar-refractivity contribution is 5.98. The third kappa shape index (κ3) is 2.65. The Morgan fingerprint density at radius 2 is 2.00 bits per heavy atom. The maximum Gasteiger partial charge on any atom is 0.346 e. The molecule has 1 aromatic carbocycles. The average molecular weight is 206 g/mol. The molecular formula is C12H14O3. The fraction of sp³-hybridized carbons (Fsp3) is 0.333. The Bertz CT molecular complexity index is 394. The number of esters is 2. The second-order valence-electron chi connectivity index (χ2n) is 3.34. The molecule has 0 aliphatic rings. The van der Waals surface area contributed by atoms with Crippen molar-refractivity contribution < 1.29 is 14.3 Å². The summed E-state index contributed by atoms with van der Waals surface area (Å²) in [5.41, 5.74) is 2.25. The van der Waals surface area contributed by atoms with Gasteiger partial charge in [0.25, 0.3) is 0 Å². The zero-order valence-corrected chi connectivity index (χ0v) is 9.16. The third-order valence-corrected chi connectivity index (χ3v) is 2.18. The van der Waals surface area contributed by atoms with Crippen LogP contribution in [0.3, 0.4) is 0 Å². The lowest BCUT2D eigenvalue weighted by atomic mass is 10.0. The van der Waals surface area contributed by atoms with Gasteiger partial charge < -0.3 is 4.74 Å². The van der Waals surface area contributed by atoms with Gasteiger partial charge in [-0.25, -0.2) is 4.79 Å². The Morgan fingerprint density at radius 3 is 2.53 bits per heavy atom. The van der Waals surface area contributed by atoms with E-state index in [-0.39, 0.29) is 0 Å². The molecule has 0 fully saturated rings. The molecule has 0 N–H and O–H groups in total. The van der Waals surface area contributed by atoms with Gasteiger partial charge in [0.2, 0.25) is 0 Å². The van der Waals surface area contributed by atoms with Gasteiger partial charge in [-0.1, -0.05) is 25.1 Å². The minimum absolute atomic E-state index is 0.509. The number of hydrogen-bond acceptors (Lipinski definition) is 3. The van der Waals surface area contributed by atoms with Gasteiger partial charge in [-0.15, -0.1) is 0 Å².